The van der Waals surface area contributed by atoms with Gasteiger partial charge in [-0.15, -0.1) is 0 Å². The first kappa shape index (κ1) is 34.1. The summed E-state index contributed by atoms with van der Waals surface area (Å²) in [6.45, 7) is 6.31. The number of hydrogen-bond acceptors (Lipinski definition) is 2. The molecule has 2 nitrogen and oxygen atoms in total. The molecule has 0 aliphatic rings. The molecule has 0 radical (unpaired) electrons. The summed E-state index contributed by atoms with van der Waals surface area (Å²) in [5.74, 6) is 0. The summed E-state index contributed by atoms with van der Waals surface area (Å²) in [5.41, 5.74) is 10.9. The van der Waals surface area contributed by atoms with Gasteiger partial charge >= 0.3 is 0 Å². The highest BCUT2D eigenvalue weighted by Gasteiger charge is 1.94. The Hall–Kier alpha value is -0.0800. The second kappa shape index (κ2) is 35.5. The van der Waals surface area contributed by atoms with Crippen LogP contribution in [0, 0.1) is 0 Å². The fraction of sp³-hybridized carbons (Fsp3) is 1.00. The van der Waals surface area contributed by atoms with Crippen molar-refractivity contribution in [3.63, 3.8) is 0 Å². The number of rotatable bonds is 26. The van der Waals surface area contributed by atoms with Crippen LogP contribution in [0.5, 0.6) is 0 Å². The maximum atomic E-state index is 5.48. The average Bonchev–Trinajstić information content (AvgIpc) is 2.81. The van der Waals surface area contributed by atoms with Crippen LogP contribution in [0.3, 0.4) is 0 Å². The van der Waals surface area contributed by atoms with Gasteiger partial charge in [0.05, 0.1) is 0 Å². The summed E-state index contributed by atoms with van der Waals surface area (Å²) in [7, 11) is 0. The van der Waals surface area contributed by atoms with Gasteiger partial charge in [0.1, 0.15) is 0 Å². The molecule has 2 heteroatoms. The summed E-state index contributed by atoms with van der Waals surface area (Å²) in [6, 6.07) is 0. The predicted molar refractivity (Wildman–Crippen MR) is 149 cm³/mol. The van der Waals surface area contributed by atoms with E-state index >= 15 is 0 Å². The van der Waals surface area contributed by atoms with E-state index in [9.17, 15) is 0 Å². The molecule has 0 heterocycles. The fourth-order valence-corrected chi connectivity index (χ4v) is 4.32. The van der Waals surface area contributed by atoms with Gasteiger partial charge < -0.3 is 11.5 Å². The first-order valence-electron chi connectivity index (χ1n) is 15.2. The Morgan fingerprint density at radius 3 is 0.562 bits per heavy atom. The molecule has 0 bridgehead atoms. The van der Waals surface area contributed by atoms with Crippen molar-refractivity contribution in [1.82, 2.24) is 0 Å². The molecular weight excluding hydrogens is 388 g/mol. The van der Waals surface area contributed by atoms with Crippen molar-refractivity contribution in [3.8, 4) is 0 Å². The molecule has 0 aromatic heterocycles. The number of hydrogen-bond donors (Lipinski definition) is 2. The van der Waals surface area contributed by atoms with Crippen LogP contribution in [0.2, 0.25) is 0 Å². The zero-order chi connectivity index (χ0) is 23.8. The largest absolute Gasteiger partial charge is 0.330 e. The summed E-state index contributed by atoms with van der Waals surface area (Å²) in [4.78, 5) is 0. The molecule has 0 unspecified atom stereocenters. The molecule has 32 heavy (non-hydrogen) atoms. The molecule has 0 aliphatic heterocycles. The SMILES string of the molecule is CCCCCCCCCCCCCCCCCCN.CCCCCCCCCCCCN. The summed E-state index contributed by atoms with van der Waals surface area (Å²) in [6.07, 6.45) is 36.8. The van der Waals surface area contributed by atoms with E-state index in [0.717, 1.165) is 13.1 Å². The van der Waals surface area contributed by atoms with Gasteiger partial charge in [-0.25, -0.2) is 0 Å². The standard InChI is InChI=1S/C18H39N.C12H27N/c1-2-3-4-5-6-7-8-9-10-11-12-13-14-15-16-17-18-19;1-2-3-4-5-6-7-8-9-10-11-12-13/h2-19H2,1H3;2-13H2,1H3. The van der Waals surface area contributed by atoms with Crippen molar-refractivity contribution in [1.29, 1.82) is 0 Å². The lowest BCUT2D eigenvalue weighted by molar-refractivity contribution is 0.530. The molecule has 0 aliphatic carbocycles. The lowest BCUT2D eigenvalue weighted by Crippen LogP contribution is -1.97. The van der Waals surface area contributed by atoms with Gasteiger partial charge in [-0.3, -0.25) is 0 Å². The molecule has 0 aromatic carbocycles. The maximum Gasteiger partial charge on any atom is -0.00773 e. The minimum atomic E-state index is 0.872. The third-order valence-electron chi connectivity index (χ3n) is 6.62. The van der Waals surface area contributed by atoms with Crippen molar-refractivity contribution in [2.24, 2.45) is 11.5 Å². The molecule has 0 spiro atoms. The molecule has 0 saturated carbocycles. The van der Waals surface area contributed by atoms with Crippen molar-refractivity contribution < 1.29 is 0 Å². The first-order valence-corrected chi connectivity index (χ1v) is 15.2. The second-order valence-electron chi connectivity index (χ2n) is 10.1. The van der Waals surface area contributed by atoms with Crippen LogP contribution < -0.4 is 11.5 Å². The number of unbranched alkanes of at least 4 members (excludes halogenated alkanes) is 24. The molecule has 196 valence electrons. The smallest absolute Gasteiger partial charge is 0.00773 e. The topological polar surface area (TPSA) is 52.0 Å². The summed E-state index contributed by atoms with van der Waals surface area (Å²) in [5, 5.41) is 0. The van der Waals surface area contributed by atoms with Gasteiger partial charge in [-0.2, -0.15) is 0 Å². The van der Waals surface area contributed by atoms with Crippen LogP contribution in [0.4, 0.5) is 0 Å². The van der Waals surface area contributed by atoms with Crippen LogP contribution >= 0.6 is 0 Å². The Balaban J connectivity index is 0. The van der Waals surface area contributed by atoms with Crippen LogP contribution in [-0.2, 0) is 0 Å². The van der Waals surface area contributed by atoms with E-state index in [4.69, 9.17) is 11.5 Å². The molecule has 4 N–H and O–H groups in total. The number of nitrogens with two attached hydrogens (primary N) is 2. The normalized spacial score (nSPS) is 10.9. The van der Waals surface area contributed by atoms with E-state index in [1.807, 2.05) is 0 Å². The summed E-state index contributed by atoms with van der Waals surface area (Å²) < 4.78 is 0. The van der Waals surface area contributed by atoms with Gasteiger partial charge in [0, 0.05) is 0 Å². The zero-order valence-corrected chi connectivity index (χ0v) is 23.0. The Kier molecular flexibility index (Phi) is 37.8. The van der Waals surface area contributed by atoms with Crippen LogP contribution in [0.25, 0.3) is 0 Å². The predicted octanol–water partition coefficient (Wildman–Crippen LogP) is 10.1. The van der Waals surface area contributed by atoms with E-state index in [2.05, 4.69) is 13.8 Å². The highest BCUT2D eigenvalue weighted by molar-refractivity contribution is 4.50. The first-order chi connectivity index (χ1) is 15.8. The molecule has 0 saturated heterocycles. The van der Waals surface area contributed by atoms with Gasteiger partial charge in [0.25, 0.3) is 0 Å². The highest BCUT2D eigenvalue weighted by Crippen LogP contribution is 2.13. The van der Waals surface area contributed by atoms with Crippen LogP contribution in [-0.4, -0.2) is 13.1 Å². The minimum absolute atomic E-state index is 0.872. The van der Waals surface area contributed by atoms with E-state index in [-0.39, 0.29) is 0 Å². The molecule has 0 rings (SSSR count). The highest BCUT2D eigenvalue weighted by atomic mass is 14.5. The Morgan fingerprint density at radius 2 is 0.406 bits per heavy atom. The third-order valence-corrected chi connectivity index (χ3v) is 6.62. The zero-order valence-electron chi connectivity index (χ0n) is 23.0. The summed E-state index contributed by atoms with van der Waals surface area (Å²) >= 11 is 0. The molecular formula is C30H66N2. The maximum absolute atomic E-state index is 5.48. The van der Waals surface area contributed by atoms with Gasteiger partial charge in [-0.1, -0.05) is 168 Å². The Bertz CT molecular complexity index is 254. The monoisotopic (exact) mass is 455 g/mol. The van der Waals surface area contributed by atoms with Crippen molar-refractivity contribution in [2.75, 3.05) is 13.1 Å². The van der Waals surface area contributed by atoms with Gasteiger partial charge in [0.15, 0.2) is 0 Å². The van der Waals surface area contributed by atoms with Crippen molar-refractivity contribution in [3.05, 3.63) is 0 Å². The lowest BCUT2D eigenvalue weighted by atomic mass is 10.0. The van der Waals surface area contributed by atoms with Gasteiger partial charge in [0.2, 0.25) is 0 Å². The Morgan fingerprint density at radius 1 is 0.250 bits per heavy atom. The average molecular weight is 455 g/mol. The minimum Gasteiger partial charge on any atom is -0.330 e. The lowest BCUT2D eigenvalue weighted by Gasteiger charge is -2.03. The quantitative estimate of drug-likeness (QED) is 0.128. The molecule has 0 aromatic rings. The van der Waals surface area contributed by atoms with Crippen LogP contribution in [0.1, 0.15) is 181 Å². The van der Waals surface area contributed by atoms with E-state index in [0.29, 0.717) is 0 Å². The molecule has 0 atom stereocenters. The third kappa shape index (κ3) is 37.2. The molecule has 0 fully saturated rings. The van der Waals surface area contributed by atoms with Crippen molar-refractivity contribution >= 4 is 0 Å². The van der Waals surface area contributed by atoms with E-state index in [1.165, 1.54) is 167 Å². The van der Waals surface area contributed by atoms with E-state index in [1.54, 1.807) is 0 Å². The fourth-order valence-electron chi connectivity index (χ4n) is 4.32. The Labute approximate surface area is 205 Å². The second-order valence-corrected chi connectivity index (χ2v) is 10.1. The van der Waals surface area contributed by atoms with Crippen molar-refractivity contribution in [2.45, 2.75) is 181 Å². The van der Waals surface area contributed by atoms with Gasteiger partial charge in [-0.05, 0) is 25.9 Å². The molecule has 0 amide bonds. The van der Waals surface area contributed by atoms with E-state index < -0.39 is 0 Å². The van der Waals surface area contributed by atoms with Crippen LogP contribution in [0.15, 0.2) is 0 Å².